The van der Waals surface area contributed by atoms with E-state index in [1.807, 2.05) is 58.0 Å². The molecule has 0 aliphatic heterocycles. The molecular weight excluding hydrogens is 366 g/mol. The summed E-state index contributed by atoms with van der Waals surface area (Å²) >= 11 is 0. The number of rotatable bonds is 4. The van der Waals surface area contributed by atoms with E-state index < -0.39 is 0 Å². The van der Waals surface area contributed by atoms with Crippen LogP contribution in [0.15, 0.2) is 40.8 Å². The Morgan fingerprint density at radius 2 is 1.97 bits per heavy atom. The molecule has 2 N–H and O–H groups in total. The Hall–Kier alpha value is -3.54. The Bertz CT molecular complexity index is 1240. The standard InChI is InChI=1S/C23H23N3O3/c1-12(10-20(27)26-23-24-18-8-6-7-9-19(18)25-23)16-11-17-13(2)15(4)29-22(17)14(3)21(16)28-5/h6-11H,1-5H3,(H2,24,25,26,27)/b12-10+. The van der Waals surface area contributed by atoms with Crippen molar-refractivity contribution in [1.29, 1.82) is 0 Å². The molecule has 2 aromatic carbocycles. The van der Waals surface area contributed by atoms with Gasteiger partial charge in [-0.2, -0.15) is 0 Å². The molecule has 6 nitrogen and oxygen atoms in total. The zero-order valence-corrected chi connectivity index (χ0v) is 17.1. The summed E-state index contributed by atoms with van der Waals surface area (Å²) in [5, 5.41) is 3.82. The highest BCUT2D eigenvalue weighted by Crippen LogP contribution is 2.38. The summed E-state index contributed by atoms with van der Waals surface area (Å²) in [6, 6.07) is 9.65. The average Bonchev–Trinajstić information content (AvgIpc) is 3.22. The Morgan fingerprint density at radius 1 is 1.21 bits per heavy atom. The van der Waals surface area contributed by atoms with Crippen LogP contribution in [0.5, 0.6) is 5.75 Å². The number of H-pyrrole nitrogens is 1. The van der Waals surface area contributed by atoms with Crippen molar-refractivity contribution in [2.45, 2.75) is 27.7 Å². The van der Waals surface area contributed by atoms with Gasteiger partial charge in [-0.1, -0.05) is 12.1 Å². The number of carbonyl (C=O) groups is 1. The summed E-state index contributed by atoms with van der Waals surface area (Å²) in [4.78, 5) is 20.1. The van der Waals surface area contributed by atoms with Gasteiger partial charge in [0.1, 0.15) is 17.1 Å². The van der Waals surface area contributed by atoms with Gasteiger partial charge in [-0.05, 0) is 57.0 Å². The highest BCUT2D eigenvalue weighted by Gasteiger charge is 2.18. The van der Waals surface area contributed by atoms with Crippen LogP contribution in [0.2, 0.25) is 0 Å². The number of furan rings is 1. The fourth-order valence-electron chi connectivity index (χ4n) is 3.61. The number of hydrogen-bond donors (Lipinski definition) is 2. The second-order valence-corrected chi connectivity index (χ2v) is 7.16. The molecule has 4 aromatic rings. The van der Waals surface area contributed by atoms with Gasteiger partial charge in [0.05, 0.1) is 18.1 Å². The Morgan fingerprint density at radius 3 is 2.69 bits per heavy atom. The average molecular weight is 389 g/mol. The van der Waals surface area contributed by atoms with E-state index in [4.69, 9.17) is 9.15 Å². The minimum Gasteiger partial charge on any atom is -0.496 e. The molecule has 0 radical (unpaired) electrons. The number of aromatic amines is 1. The van der Waals surface area contributed by atoms with Gasteiger partial charge in [-0.25, -0.2) is 4.98 Å². The number of nitrogens with zero attached hydrogens (tertiary/aromatic N) is 1. The molecule has 0 spiro atoms. The van der Waals surface area contributed by atoms with Crippen molar-refractivity contribution in [1.82, 2.24) is 9.97 Å². The first-order valence-electron chi connectivity index (χ1n) is 9.40. The van der Waals surface area contributed by atoms with Gasteiger partial charge in [-0.3, -0.25) is 10.1 Å². The molecular formula is C23H23N3O3. The highest BCUT2D eigenvalue weighted by molar-refractivity contribution is 6.04. The molecule has 0 atom stereocenters. The van der Waals surface area contributed by atoms with Crippen molar-refractivity contribution in [2.75, 3.05) is 12.4 Å². The number of benzene rings is 2. The highest BCUT2D eigenvalue weighted by atomic mass is 16.5. The third kappa shape index (κ3) is 3.27. The maximum absolute atomic E-state index is 12.6. The molecule has 0 bridgehead atoms. The maximum Gasteiger partial charge on any atom is 0.250 e. The molecule has 1 amide bonds. The summed E-state index contributed by atoms with van der Waals surface area (Å²) < 4.78 is 11.5. The number of hydrogen-bond acceptors (Lipinski definition) is 4. The Kier molecular flexibility index (Phi) is 4.62. The lowest BCUT2D eigenvalue weighted by molar-refractivity contribution is -0.111. The van der Waals surface area contributed by atoms with Crippen LogP contribution in [0.3, 0.4) is 0 Å². The minimum atomic E-state index is -0.263. The molecule has 4 rings (SSSR count). The van der Waals surface area contributed by atoms with Gasteiger partial charge < -0.3 is 14.1 Å². The Balaban J connectivity index is 1.69. The number of anilines is 1. The number of imidazole rings is 1. The second kappa shape index (κ2) is 7.13. The molecule has 29 heavy (non-hydrogen) atoms. The van der Waals surface area contributed by atoms with Gasteiger partial charge in [-0.15, -0.1) is 0 Å². The van der Waals surface area contributed by atoms with Crippen LogP contribution in [0, 0.1) is 20.8 Å². The van der Waals surface area contributed by atoms with Crippen molar-refractivity contribution in [2.24, 2.45) is 0 Å². The number of para-hydroxylation sites is 2. The van der Waals surface area contributed by atoms with E-state index >= 15 is 0 Å². The molecule has 148 valence electrons. The van der Waals surface area contributed by atoms with Crippen LogP contribution >= 0.6 is 0 Å². The maximum atomic E-state index is 12.6. The summed E-state index contributed by atoms with van der Waals surface area (Å²) in [6.07, 6.45) is 1.55. The third-order valence-corrected chi connectivity index (χ3v) is 5.25. The van der Waals surface area contributed by atoms with Gasteiger partial charge in [0.2, 0.25) is 5.95 Å². The van der Waals surface area contributed by atoms with Crippen molar-refractivity contribution in [3.05, 3.63) is 58.9 Å². The lowest BCUT2D eigenvalue weighted by atomic mass is 9.98. The predicted molar refractivity (Wildman–Crippen MR) is 115 cm³/mol. The monoisotopic (exact) mass is 389 g/mol. The summed E-state index contributed by atoms with van der Waals surface area (Å²) in [7, 11) is 1.63. The number of nitrogens with one attached hydrogen (secondary N) is 2. The first kappa shape index (κ1) is 18.8. The van der Waals surface area contributed by atoms with Crippen LogP contribution in [0.25, 0.3) is 27.6 Å². The number of allylic oxidation sites excluding steroid dienone is 1. The van der Waals surface area contributed by atoms with Crippen molar-refractivity contribution in [3.63, 3.8) is 0 Å². The number of carbonyl (C=O) groups excluding carboxylic acids is 1. The zero-order valence-electron chi connectivity index (χ0n) is 17.1. The Labute approximate surface area is 168 Å². The summed E-state index contributed by atoms with van der Waals surface area (Å²) in [5.74, 6) is 1.74. The SMILES string of the molecule is COc1c(/C(C)=C/C(=O)Nc2nc3ccccc3[nH]2)cc2c(C)c(C)oc2c1C. The van der Waals surface area contributed by atoms with Gasteiger partial charge in [0.15, 0.2) is 0 Å². The fourth-order valence-corrected chi connectivity index (χ4v) is 3.61. The number of aryl methyl sites for hydroxylation is 3. The number of aromatic nitrogens is 2. The molecule has 0 aliphatic carbocycles. The normalized spacial score (nSPS) is 12.0. The van der Waals surface area contributed by atoms with Crippen molar-refractivity contribution in [3.8, 4) is 5.75 Å². The van der Waals surface area contributed by atoms with Crippen molar-refractivity contribution >= 4 is 39.4 Å². The van der Waals surface area contributed by atoms with Gasteiger partial charge >= 0.3 is 0 Å². The quantitative estimate of drug-likeness (QED) is 0.465. The predicted octanol–water partition coefficient (Wildman–Crippen LogP) is 5.28. The number of fused-ring (bicyclic) bond motifs is 2. The van der Waals surface area contributed by atoms with Crippen LogP contribution < -0.4 is 10.1 Å². The topological polar surface area (TPSA) is 80.1 Å². The largest absolute Gasteiger partial charge is 0.496 e. The molecule has 6 heteroatoms. The molecule has 2 heterocycles. The smallest absolute Gasteiger partial charge is 0.250 e. The third-order valence-electron chi connectivity index (χ3n) is 5.25. The number of methoxy groups -OCH3 is 1. The zero-order chi connectivity index (χ0) is 20.7. The first-order valence-corrected chi connectivity index (χ1v) is 9.40. The van der Waals surface area contributed by atoms with Gasteiger partial charge in [0.25, 0.3) is 5.91 Å². The van der Waals surface area contributed by atoms with Gasteiger partial charge in [0, 0.05) is 22.6 Å². The minimum absolute atomic E-state index is 0.263. The lowest BCUT2D eigenvalue weighted by Gasteiger charge is -2.13. The number of amides is 1. The van der Waals surface area contributed by atoms with E-state index in [9.17, 15) is 4.79 Å². The fraction of sp³-hybridized carbons (Fsp3) is 0.217. The van der Waals surface area contributed by atoms with E-state index in [1.165, 1.54) is 0 Å². The molecule has 0 saturated carbocycles. The second-order valence-electron chi connectivity index (χ2n) is 7.16. The van der Waals surface area contributed by atoms with Crippen LogP contribution in [0.4, 0.5) is 5.95 Å². The number of ether oxygens (including phenoxy) is 1. The van der Waals surface area contributed by atoms with E-state index in [1.54, 1.807) is 13.2 Å². The van der Waals surface area contributed by atoms with E-state index in [0.29, 0.717) is 11.7 Å². The van der Waals surface area contributed by atoms with Crippen LogP contribution in [0.1, 0.15) is 29.4 Å². The molecule has 0 saturated heterocycles. The summed E-state index contributed by atoms with van der Waals surface area (Å²) in [6.45, 7) is 7.84. The molecule has 0 fully saturated rings. The van der Waals surface area contributed by atoms with E-state index in [2.05, 4.69) is 15.3 Å². The molecule has 2 aromatic heterocycles. The summed E-state index contributed by atoms with van der Waals surface area (Å²) in [5.41, 5.74) is 6.15. The lowest BCUT2D eigenvalue weighted by Crippen LogP contribution is -2.10. The van der Waals surface area contributed by atoms with Crippen LogP contribution in [-0.2, 0) is 4.79 Å². The molecule has 0 aliphatic rings. The molecule has 0 unspecified atom stereocenters. The van der Waals surface area contributed by atoms with E-state index in [0.717, 1.165) is 50.0 Å². The van der Waals surface area contributed by atoms with Crippen molar-refractivity contribution < 1.29 is 13.9 Å². The van der Waals surface area contributed by atoms with Crippen LogP contribution in [-0.4, -0.2) is 23.0 Å². The first-order chi connectivity index (χ1) is 13.9. The van der Waals surface area contributed by atoms with E-state index in [-0.39, 0.29) is 5.91 Å².